The zero-order valence-electron chi connectivity index (χ0n) is 19.7. The molecule has 2 aliphatic heterocycles. The fourth-order valence-electron chi connectivity index (χ4n) is 4.59. The normalized spacial score (nSPS) is 20.5. The van der Waals surface area contributed by atoms with Gasteiger partial charge in [-0.3, -0.25) is 9.79 Å². The van der Waals surface area contributed by atoms with Gasteiger partial charge in [-0.2, -0.15) is 0 Å². The number of benzene rings is 2. The highest BCUT2D eigenvalue weighted by Crippen LogP contribution is 2.30. The van der Waals surface area contributed by atoms with Gasteiger partial charge >= 0.3 is 0 Å². The van der Waals surface area contributed by atoms with E-state index >= 15 is 0 Å². The standard InChI is InChI=1S/C25H28BrN5O4/c1-14-9-16(31-5-7-35-8-6-31)11-18-23(14)30-24(29-18)22-19(12-28-25(22)33)27-13-20(32)15-3-4-21(34-2)17(26)10-15/h3-4,9-11,20,22,32H,5-8,12-13H2,1-2H3,(H,28,33)(H,29,30). The number of carbonyl (C=O) groups excluding carboxylic acids is 1. The van der Waals surface area contributed by atoms with Crippen LogP contribution in [0.25, 0.3) is 11.0 Å². The molecule has 35 heavy (non-hydrogen) atoms. The largest absolute Gasteiger partial charge is 0.496 e. The number of aliphatic hydroxyl groups excluding tert-OH is 1. The van der Waals surface area contributed by atoms with Crippen molar-refractivity contribution in [1.29, 1.82) is 0 Å². The molecule has 0 bridgehead atoms. The molecule has 2 fully saturated rings. The molecule has 0 radical (unpaired) electrons. The maximum atomic E-state index is 12.7. The number of nitrogens with zero attached hydrogens (tertiary/aromatic N) is 3. The summed E-state index contributed by atoms with van der Waals surface area (Å²) in [5, 5.41) is 13.6. The van der Waals surface area contributed by atoms with Crippen LogP contribution in [0.3, 0.4) is 0 Å². The molecular weight excluding hydrogens is 514 g/mol. The molecule has 3 heterocycles. The summed E-state index contributed by atoms with van der Waals surface area (Å²) >= 11 is 3.45. The smallest absolute Gasteiger partial charge is 0.236 e. The Kier molecular flexibility index (Phi) is 6.77. The number of methoxy groups -OCH3 is 1. The zero-order valence-corrected chi connectivity index (χ0v) is 21.3. The summed E-state index contributed by atoms with van der Waals surface area (Å²) in [7, 11) is 1.59. The molecule has 1 amide bonds. The molecule has 10 heteroatoms. The molecule has 2 aliphatic rings. The summed E-state index contributed by atoms with van der Waals surface area (Å²) in [4.78, 5) is 27.8. The minimum Gasteiger partial charge on any atom is -0.496 e. The van der Waals surface area contributed by atoms with Gasteiger partial charge < -0.3 is 29.8 Å². The summed E-state index contributed by atoms with van der Waals surface area (Å²) in [6.07, 6.45) is -0.810. The molecule has 9 nitrogen and oxygen atoms in total. The highest BCUT2D eigenvalue weighted by atomic mass is 79.9. The van der Waals surface area contributed by atoms with Crippen LogP contribution in [0.15, 0.2) is 39.8 Å². The molecule has 2 saturated heterocycles. The number of hydrogen-bond acceptors (Lipinski definition) is 7. The van der Waals surface area contributed by atoms with E-state index in [0.717, 1.165) is 39.8 Å². The second-order valence-electron chi connectivity index (χ2n) is 8.77. The number of ether oxygens (including phenoxy) is 2. The van der Waals surface area contributed by atoms with Crippen LogP contribution < -0.4 is 15.0 Å². The van der Waals surface area contributed by atoms with Crippen LogP contribution in [0.2, 0.25) is 0 Å². The van der Waals surface area contributed by atoms with Gasteiger partial charge in [0.2, 0.25) is 5.91 Å². The Bertz CT molecular complexity index is 1280. The third kappa shape index (κ3) is 4.78. The Morgan fingerprint density at radius 3 is 2.86 bits per heavy atom. The van der Waals surface area contributed by atoms with Crippen LogP contribution in [-0.4, -0.2) is 73.2 Å². The lowest BCUT2D eigenvalue weighted by atomic mass is 10.1. The average molecular weight is 542 g/mol. The molecule has 3 aromatic rings. The first-order valence-electron chi connectivity index (χ1n) is 11.6. The van der Waals surface area contributed by atoms with Crippen LogP contribution in [0, 0.1) is 6.92 Å². The maximum Gasteiger partial charge on any atom is 0.236 e. The number of aromatic amines is 1. The van der Waals surface area contributed by atoms with Gasteiger partial charge in [-0.15, -0.1) is 0 Å². The van der Waals surface area contributed by atoms with Crippen molar-refractivity contribution in [3.8, 4) is 5.75 Å². The summed E-state index contributed by atoms with van der Waals surface area (Å²) in [5.41, 5.74) is 5.27. The van der Waals surface area contributed by atoms with E-state index in [2.05, 4.69) is 48.3 Å². The predicted molar refractivity (Wildman–Crippen MR) is 138 cm³/mol. The Labute approximate surface area is 211 Å². The minimum atomic E-state index is -0.810. The summed E-state index contributed by atoms with van der Waals surface area (Å²) in [6, 6.07) is 9.62. The number of aliphatic imine (C=N–C) groups is 1. The third-order valence-electron chi connectivity index (χ3n) is 6.50. The number of H-pyrrole nitrogens is 1. The predicted octanol–water partition coefficient (Wildman–Crippen LogP) is 2.87. The number of imidazole rings is 1. The number of aliphatic hydroxyl groups is 1. The number of rotatable bonds is 6. The number of aromatic nitrogens is 2. The first-order chi connectivity index (χ1) is 16.9. The van der Waals surface area contributed by atoms with Crippen molar-refractivity contribution < 1.29 is 19.4 Å². The lowest BCUT2D eigenvalue weighted by Gasteiger charge is -2.29. The highest BCUT2D eigenvalue weighted by Gasteiger charge is 2.35. The molecule has 5 rings (SSSR count). The van der Waals surface area contributed by atoms with Crippen molar-refractivity contribution in [2.24, 2.45) is 4.99 Å². The van der Waals surface area contributed by atoms with Crippen molar-refractivity contribution in [2.45, 2.75) is 18.9 Å². The van der Waals surface area contributed by atoms with Gasteiger partial charge in [0.1, 0.15) is 17.5 Å². The van der Waals surface area contributed by atoms with Crippen LogP contribution in [0.4, 0.5) is 5.69 Å². The van der Waals surface area contributed by atoms with Gasteiger partial charge in [-0.05, 0) is 58.2 Å². The van der Waals surface area contributed by atoms with Crippen molar-refractivity contribution >= 4 is 44.3 Å². The van der Waals surface area contributed by atoms with E-state index in [1.165, 1.54) is 0 Å². The first-order valence-corrected chi connectivity index (χ1v) is 12.4. The Morgan fingerprint density at radius 2 is 2.11 bits per heavy atom. The van der Waals surface area contributed by atoms with Crippen LogP contribution in [0.1, 0.15) is 29.0 Å². The summed E-state index contributed by atoms with van der Waals surface area (Å²) < 4.78 is 11.5. The maximum absolute atomic E-state index is 12.7. The molecule has 2 atom stereocenters. The minimum absolute atomic E-state index is 0.139. The molecule has 2 unspecified atom stereocenters. The number of halogens is 1. The Balaban J connectivity index is 1.39. The Morgan fingerprint density at radius 1 is 1.31 bits per heavy atom. The van der Waals surface area contributed by atoms with Crippen molar-refractivity contribution in [3.63, 3.8) is 0 Å². The fraction of sp³-hybridized carbons (Fsp3) is 0.400. The number of morpholine rings is 1. The van der Waals surface area contributed by atoms with E-state index in [4.69, 9.17) is 14.5 Å². The quantitative estimate of drug-likeness (QED) is 0.442. The van der Waals surface area contributed by atoms with Crippen molar-refractivity contribution in [2.75, 3.05) is 51.4 Å². The monoisotopic (exact) mass is 541 g/mol. The van der Waals surface area contributed by atoms with E-state index in [-0.39, 0.29) is 12.5 Å². The van der Waals surface area contributed by atoms with Gasteiger partial charge in [0, 0.05) is 18.8 Å². The number of fused-ring (bicyclic) bond motifs is 1. The number of hydrogen-bond donors (Lipinski definition) is 3. The number of aryl methyl sites for hydroxylation is 1. The molecule has 184 valence electrons. The van der Waals surface area contributed by atoms with Crippen molar-refractivity contribution in [3.05, 3.63) is 51.8 Å². The lowest BCUT2D eigenvalue weighted by Crippen LogP contribution is -2.36. The Hall–Kier alpha value is -2.95. The molecular formula is C25H28BrN5O4. The van der Waals surface area contributed by atoms with Crippen molar-refractivity contribution in [1.82, 2.24) is 15.3 Å². The van der Waals surface area contributed by atoms with E-state index in [1.54, 1.807) is 19.2 Å². The van der Waals surface area contributed by atoms with Crippen LogP contribution in [0.5, 0.6) is 5.75 Å². The number of anilines is 1. The number of carbonyl (C=O) groups is 1. The van der Waals surface area contributed by atoms with Gasteiger partial charge in [0.25, 0.3) is 0 Å². The molecule has 1 aromatic heterocycles. The summed E-state index contributed by atoms with van der Waals surface area (Å²) in [6.45, 7) is 5.63. The average Bonchev–Trinajstić information content (AvgIpc) is 3.46. The van der Waals surface area contributed by atoms with Gasteiger partial charge in [0.15, 0.2) is 0 Å². The van der Waals surface area contributed by atoms with Gasteiger partial charge in [-0.25, -0.2) is 4.98 Å². The molecule has 0 saturated carbocycles. The molecule has 2 aromatic carbocycles. The zero-order chi connectivity index (χ0) is 24.5. The molecule has 0 aliphatic carbocycles. The highest BCUT2D eigenvalue weighted by molar-refractivity contribution is 9.10. The summed E-state index contributed by atoms with van der Waals surface area (Å²) in [5.74, 6) is 0.506. The van der Waals surface area contributed by atoms with Gasteiger partial charge in [-0.1, -0.05) is 6.07 Å². The van der Waals surface area contributed by atoms with E-state index < -0.39 is 12.0 Å². The lowest BCUT2D eigenvalue weighted by molar-refractivity contribution is -0.119. The second kappa shape index (κ2) is 9.96. The topological polar surface area (TPSA) is 112 Å². The molecule has 0 spiro atoms. The SMILES string of the molecule is COc1ccc(C(O)CN=C2CNC(=O)C2c2nc3c(C)cc(N4CCOCC4)cc3[nH]2)cc1Br. The first kappa shape index (κ1) is 23.8. The van der Waals surface area contributed by atoms with Gasteiger partial charge in [0.05, 0.1) is 60.7 Å². The van der Waals surface area contributed by atoms with Crippen LogP contribution in [-0.2, 0) is 9.53 Å². The molecule has 3 N–H and O–H groups in total. The van der Waals surface area contributed by atoms with E-state index in [0.29, 0.717) is 42.6 Å². The fourth-order valence-corrected chi connectivity index (χ4v) is 5.15. The third-order valence-corrected chi connectivity index (χ3v) is 7.12. The van der Waals surface area contributed by atoms with Crippen LogP contribution >= 0.6 is 15.9 Å². The van der Waals surface area contributed by atoms with E-state index in [9.17, 15) is 9.90 Å². The number of nitrogens with one attached hydrogen (secondary N) is 2. The van der Waals surface area contributed by atoms with E-state index in [1.807, 2.05) is 13.0 Å². The second-order valence-corrected chi connectivity index (χ2v) is 9.63. The number of amides is 1.